The first-order valence-electron chi connectivity index (χ1n) is 5.90. The van der Waals surface area contributed by atoms with Crippen molar-refractivity contribution in [2.24, 2.45) is 5.73 Å². The van der Waals surface area contributed by atoms with Crippen molar-refractivity contribution in [2.75, 3.05) is 7.05 Å². The molecule has 108 valence electrons. The fraction of sp³-hybridized carbons (Fsp3) is 0.462. The first-order valence-corrected chi connectivity index (χ1v) is 6.69. The second-order valence-corrected chi connectivity index (χ2v) is 5.24. The molecule has 2 N–H and O–H groups in total. The average molecular weight is 354 g/mol. The van der Waals surface area contributed by atoms with E-state index in [2.05, 4.69) is 15.9 Å². The normalized spacial score (nSPS) is 11.6. The Balaban J connectivity index is 0.00000324. The molecule has 1 atom stereocenters. The molecule has 6 heteroatoms. The van der Waals surface area contributed by atoms with E-state index in [1.807, 2.05) is 6.92 Å². The average Bonchev–Trinajstić information content (AvgIpc) is 2.33. The molecule has 1 aromatic rings. The summed E-state index contributed by atoms with van der Waals surface area (Å²) in [5.74, 6) is -0.474. The van der Waals surface area contributed by atoms with Crippen LogP contribution in [0.3, 0.4) is 0 Å². The van der Waals surface area contributed by atoms with Crippen molar-refractivity contribution in [2.45, 2.75) is 32.4 Å². The van der Waals surface area contributed by atoms with Crippen molar-refractivity contribution in [1.29, 1.82) is 0 Å². The van der Waals surface area contributed by atoms with Gasteiger partial charge >= 0.3 is 0 Å². The Labute approximate surface area is 127 Å². The van der Waals surface area contributed by atoms with Gasteiger partial charge in [0.15, 0.2) is 0 Å². The molecule has 1 rings (SSSR count). The number of likely N-dealkylation sites (N-methyl/N-ethyl adjacent to an activating group) is 1. The molecule has 0 fully saturated rings. The summed E-state index contributed by atoms with van der Waals surface area (Å²) in [6, 6.07) is 4.17. The summed E-state index contributed by atoms with van der Waals surface area (Å²) in [7, 11) is 1.64. The third-order valence-corrected chi connectivity index (χ3v) is 3.20. The fourth-order valence-electron chi connectivity index (χ4n) is 1.72. The number of amides is 1. The zero-order valence-electron chi connectivity index (χ0n) is 11.0. The van der Waals surface area contributed by atoms with Gasteiger partial charge in [0, 0.05) is 23.6 Å². The molecule has 0 aliphatic carbocycles. The maximum atomic E-state index is 13.6. The van der Waals surface area contributed by atoms with Crippen LogP contribution in [-0.4, -0.2) is 23.9 Å². The highest BCUT2D eigenvalue weighted by Crippen LogP contribution is 2.17. The van der Waals surface area contributed by atoms with Gasteiger partial charge in [-0.25, -0.2) is 4.39 Å². The molecule has 0 saturated carbocycles. The Morgan fingerprint density at radius 1 is 1.53 bits per heavy atom. The quantitative estimate of drug-likeness (QED) is 0.884. The number of hydrogen-bond donors (Lipinski definition) is 1. The monoisotopic (exact) mass is 352 g/mol. The summed E-state index contributed by atoms with van der Waals surface area (Å²) < 4.78 is 14.3. The molecule has 0 spiro atoms. The molecule has 0 aliphatic heterocycles. The molecule has 0 heterocycles. The lowest BCUT2D eigenvalue weighted by Gasteiger charge is -2.21. The van der Waals surface area contributed by atoms with E-state index in [9.17, 15) is 9.18 Å². The number of nitrogens with zero attached hydrogens (tertiary/aromatic N) is 1. The van der Waals surface area contributed by atoms with Crippen LogP contribution in [0.25, 0.3) is 0 Å². The number of nitrogens with two attached hydrogens (primary N) is 1. The van der Waals surface area contributed by atoms with Crippen LogP contribution in [-0.2, 0) is 11.3 Å². The van der Waals surface area contributed by atoms with Gasteiger partial charge in [0.25, 0.3) is 0 Å². The van der Waals surface area contributed by atoms with Crippen LogP contribution in [0.1, 0.15) is 25.3 Å². The number of hydrogen-bond acceptors (Lipinski definition) is 2. The molecule has 0 aliphatic rings. The van der Waals surface area contributed by atoms with Gasteiger partial charge in [-0.3, -0.25) is 4.79 Å². The smallest absolute Gasteiger partial charge is 0.239 e. The van der Waals surface area contributed by atoms with Crippen molar-refractivity contribution < 1.29 is 9.18 Å². The summed E-state index contributed by atoms with van der Waals surface area (Å²) in [5, 5.41) is 0. The predicted octanol–water partition coefficient (Wildman–Crippen LogP) is 3.10. The zero-order chi connectivity index (χ0) is 13.7. The lowest BCUT2D eigenvalue weighted by molar-refractivity contribution is -0.132. The van der Waals surface area contributed by atoms with Gasteiger partial charge in [-0.2, -0.15) is 0 Å². The highest BCUT2D eigenvalue weighted by atomic mass is 79.9. The maximum absolute atomic E-state index is 13.6. The highest BCUT2D eigenvalue weighted by molar-refractivity contribution is 9.10. The molecule has 1 amide bonds. The lowest BCUT2D eigenvalue weighted by Crippen LogP contribution is -2.41. The largest absolute Gasteiger partial charge is 0.340 e. The number of benzene rings is 1. The second-order valence-electron chi connectivity index (χ2n) is 4.33. The summed E-state index contributed by atoms with van der Waals surface area (Å²) in [6.45, 7) is 2.20. The molecule has 3 nitrogen and oxygen atoms in total. The molecule has 0 saturated heterocycles. The molecule has 1 unspecified atom stereocenters. The number of carbonyl (C=O) groups excluding carboxylic acids is 1. The summed E-state index contributed by atoms with van der Waals surface area (Å²) >= 11 is 3.28. The van der Waals surface area contributed by atoms with Crippen LogP contribution in [0.4, 0.5) is 4.39 Å². The predicted molar refractivity (Wildman–Crippen MR) is 80.7 cm³/mol. The van der Waals surface area contributed by atoms with Crippen molar-refractivity contribution in [3.8, 4) is 0 Å². The SMILES string of the molecule is CCCC(N)C(=O)N(C)Cc1cc(Br)ccc1F.Cl. The van der Waals surface area contributed by atoms with Crippen molar-refractivity contribution >= 4 is 34.2 Å². The lowest BCUT2D eigenvalue weighted by atomic mass is 10.1. The van der Waals surface area contributed by atoms with Gasteiger partial charge in [-0.15, -0.1) is 12.4 Å². The molecule has 19 heavy (non-hydrogen) atoms. The first kappa shape index (κ1) is 18.4. The molecule has 0 aromatic heterocycles. The van der Waals surface area contributed by atoms with Crippen LogP contribution >= 0.6 is 28.3 Å². The van der Waals surface area contributed by atoms with Gasteiger partial charge < -0.3 is 10.6 Å². The van der Waals surface area contributed by atoms with E-state index < -0.39 is 6.04 Å². The van der Waals surface area contributed by atoms with E-state index in [1.54, 1.807) is 19.2 Å². The minimum absolute atomic E-state index is 0. The van der Waals surface area contributed by atoms with E-state index in [-0.39, 0.29) is 30.7 Å². The summed E-state index contributed by atoms with van der Waals surface area (Å²) in [4.78, 5) is 13.4. The Kier molecular flexibility index (Phi) is 8.22. The standard InChI is InChI=1S/C13H18BrFN2O.ClH/c1-3-4-12(16)13(18)17(2)8-9-7-10(14)5-6-11(9)15;/h5-7,12H,3-4,8,16H2,1-2H3;1H. The van der Waals surface area contributed by atoms with Gasteiger partial charge in [-0.05, 0) is 24.6 Å². The van der Waals surface area contributed by atoms with Crippen LogP contribution in [0.15, 0.2) is 22.7 Å². The van der Waals surface area contributed by atoms with E-state index in [0.717, 1.165) is 10.9 Å². The molecule has 1 aromatic carbocycles. The van der Waals surface area contributed by atoms with Crippen molar-refractivity contribution in [3.63, 3.8) is 0 Å². The summed E-state index contributed by atoms with van der Waals surface area (Å²) in [6.07, 6.45) is 1.50. The number of rotatable bonds is 5. The highest BCUT2D eigenvalue weighted by Gasteiger charge is 2.18. The molecule has 0 radical (unpaired) electrons. The zero-order valence-corrected chi connectivity index (χ0v) is 13.4. The van der Waals surface area contributed by atoms with E-state index >= 15 is 0 Å². The summed E-state index contributed by atoms with van der Waals surface area (Å²) in [5.41, 5.74) is 6.23. The number of carbonyl (C=O) groups is 1. The molecular formula is C13H19BrClFN2O. The van der Waals surface area contributed by atoms with Crippen molar-refractivity contribution in [1.82, 2.24) is 4.90 Å². The Hall–Kier alpha value is -0.650. The van der Waals surface area contributed by atoms with Crippen molar-refractivity contribution in [3.05, 3.63) is 34.1 Å². The van der Waals surface area contributed by atoms with E-state index in [1.165, 1.54) is 11.0 Å². The Bertz CT molecular complexity index is 431. The Morgan fingerprint density at radius 3 is 2.74 bits per heavy atom. The second kappa shape index (κ2) is 8.51. The molecule has 0 bridgehead atoms. The Morgan fingerprint density at radius 2 is 2.16 bits per heavy atom. The third kappa shape index (κ3) is 5.47. The topological polar surface area (TPSA) is 46.3 Å². The third-order valence-electron chi connectivity index (χ3n) is 2.71. The van der Waals surface area contributed by atoms with Gasteiger partial charge in [0.1, 0.15) is 5.82 Å². The van der Waals surface area contributed by atoms with Crippen LogP contribution < -0.4 is 5.73 Å². The van der Waals surface area contributed by atoms with E-state index in [4.69, 9.17) is 5.73 Å². The minimum atomic E-state index is -0.504. The minimum Gasteiger partial charge on any atom is -0.340 e. The molecular weight excluding hydrogens is 335 g/mol. The van der Waals surface area contributed by atoms with Gasteiger partial charge in [0.05, 0.1) is 6.04 Å². The van der Waals surface area contributed by atoms with Crippen LogP contribution in [0.5, 0.6) is 0 Å². The van der Waals surface area contributed by atoms with Gasteiger partial charge in [-0.1, -0.05) is 29.3 Å². The number of halogens is 3. The maximum Gasteiger partial charge on any atom is 0.239 e. The van der Waals surface area contributed by atoms with Gasteiger partial charge in [0.2, 0.25) is 5.91 Å². The fourth-order valence-corrected chi connectivity index (χ4v) is 2.12. The first-order chi connectivity index (χ1) is 8.45. The van der Waals surface area contributed by atoms with E-state index in [0.29, 0.717) is 12.0 Å². The van der Waals surface area contributed by atoms with Crippen LogP contribution in [0, 0.1) is 5.82 Å². The van der Waals surface area contributed by atoms with Crippen LogP contribution in [0.2, 0.25) is 0 Å².